The lowest BCUT2D eigenvalue weighted by atomic mass is 10.1. The van der Waals surface area contributed by atoms with Crippen molar-refractivity contribution < 1.29 is 32.9 Å². The molecule has 2 rings (SSSR count). The van der Waals surface area contributed by atoms with Gasteiger partial charge in [-0.2, -0.15) is 0 Å². The van der Waals surface area contributed by atoms with Crippen molar-refractivity contribution in [2.75, 3.05) is 20.8 Å². The van der Waals surface area contributed by atoms with Gasteiger partial charge >= 0.3 is 5.97 Å². The fourth-order valence-corrected chi connectivity index (χ4v) is 2.24. The predicted molar refractivity (Wildman–Crippen MR) is 95.9 cm³/mol. The molecule has 0 atom stereocenters. The summed E-state index contributed by atoms with van der Waals surface area (Å²) in [6.45, 7) is 2.55. The van der Waals surface area contributed by atoms with Crippen molar-refractivity contribution in [1.82, 2.24) is 0 Å². The quantitative estimate of drug-likeness (QED) is 0.519. The lowest BCUT2D eigenvalue weighted by Gasteiger charge is -2.24. The molecule has 6 nitrogen and oxygen atoms in total. The number of benzene rings is 2. The van der Waals surface area contributed by atoms with Crippen LogP contribution in [0.25, 0.3) is 0 Å². The molecular formula is C20H21FO6. The summed E-state index contributed by atoms with van der Waals surface area (Å²) in [5, 5.41) is 0. The zero-order chi connectivity index (χ0) is 20.0. The van der Waals surface area contributed by atoms with Crippen molar-refractivity contribution >= 4 is 11.8 Å². The topological polar surface area (TPSA) is 71.1 Å². The third-order valence-corrected chi connectivity index (χ3v) is 3.72. The van der Waals surface area contributed by atoms with E-state index in [1.54, 1.807) is 12.1 Å². The van der Waals surface area contributed by atoms with Crippen LogP contribution >= 0.6 is 0 Å². The Morgan fingerprint density at radius 2 is 1.59 bits per heavy atom. The van der Waals surface area contributed by atoms with Crippen LogP contribution in [0.2, 0.25) is 0 Å². The number of carbonyl (C=O) groups excluding carboxylic acids is 2. The number of methoxy groups -OCH3 is 2. The van der Waals surface area contributed by atoms with E-state index in [-0.39, 0.29) is 0 Å². The highest BCUT2D eigenvalue weighted by Crippen LogP contribution is 2.28. The largest absolute Gasteiger partial charge is 0.493 e. The van der Waals surface area contributed by atoms with Gasteiger partial charge < -0.3 is 18.9 Å². The number of ketones is 1. The van der Waals surface area contributed by atoms with E-state index in [0.29, 0.717) is 22.8 Å². The third-order valence-electron chi connectivity index (χ3n) is 3.72. The van der Waals surface area contributed by atoms with Crippen molar-refractivity contribution in [2.24, 2.45) is 0 Å². The Labute approximate surface area is 156 Å². The molecule has 0 aliphatic rings. The SMILES string of the molecule is COc1ccc(C(=O)COC(=O)C(C)(C)Oc2ccc(F)cc2)cc1OC. The van der Waals surface area contributed by atoms with Gasteiger partial charge in [0.05, 0.1) is 14.2 Å². The van der Waals surface area contributed by atoms with E-state index in [0.717, 1.165) is 0 Å². The third kappa shape index (κ3) is 5.20. The maximum absolute atomic E-state index is 12.9. The number of ether oxygens (including phenoxy) is 4. The summed E-state index contributed by atoms with van der Waals surface area (Å²) in [4.78, 5) is 24.6. The molecule has 0 bridgehead atoms. The van der Waals surface area contributed by atoms with Gasteiger partial charge in [-0.3, -0.25) is 4.79 Å². The molecule has 0 amide bonds. The molecule has 27 heavy (non-hydrogen) atoms. The second-order valence-electron chi connectivity index (χ2n) is 6.14. The van der Waals surface area contributed by atoms with Crippen molar-refractivity contribution in [1.29, 1.82) is 0 Å². The molecule has 144 valence electrons. The first-order valence-corrected chi connectivity index (χ1v) is 8.14. The monoisotopic (exact) mass is 376 g/mol. The van der Waals surface area contributed by atoms with E-state index in [1.165, 1.54) is 58.4 Å². The molecule has 0 saturated carbocycles. The van der Waals surface area contributed by atoms with Crippen LogP contribution in [0.4, 0.5) is 4.39 Å². The zero-order valence-electron chi connectivity index (χ0n) is 15.6. The fourth-order valence-electron chi connectivity index (χ4n) is 2.24. The summed E-state index contributed by atoms with van der Waals surface area (Å²) in [5.74, 6) is -0.343. The van der Waals surface area contributed by atoms with Crippen LogP contribution in [0, 0.1) is 5.82 Å². The molecule has 7 heteroatoms. The van der Waals surface area contributed by atoms with Gasteiger partial charge in [-0.05, 0) is 56.3 Å². The average Bonchev–Trinajstić information content (AvgIpc) is 2.66. The van der Waals surface area contributed by atoms with Crippen LogP contribution in [0.1, 0.15) is 24.2 Å². The van der Waals surface area contributed by atoms with Crippen LogP contribution < -0.4 is 14.2 Å². The van der Waals surface area contributed by atoms with Gasteiger partial charge in [0, 0.05) is 5.56 Å². The second kappa shape index (κ2) is 8.53. The molecular weight excluding hydrogens is 355 g/mol. The van der Waals surface area contributed by atoms with Crippen molar-refractivity contribution in [3.8, 4) is 17.2 Å². The van der Waals surface area contributed by atoms with E-state index >= 15 is 0 Å². The summed E-state index contributed by atoms with van der Waals surface area (Å²) in [5.41, 5.74) is -1.03. The normalized spacial score (nSPS) is 10.9. The highest BCUT2D eigenvalue weighted by Gasteiger charge is 2.32. The van der Waals surface area contributed by atoms with Crippen LogP contribution in [0.5, 0.6) is 17.2 Å². The number of carbonyl (C=O) groups is 2. The van der Waals surface area contributed by atoms with Crippen molar-refractivity contribution in [3.05, 3.63) is 53.8 Å². The summed E-state index contributed by atoms with van der Waals surface area (Å²) in [6.07, 6.45) is 0. The van der Waals surface area contributed by atoms with Gasteiger partial charge in [0.2, 0.25) is 0 Å². The molecule has 0 spiro atoms. The zero-order valence-corrected chi connectivity index (χ0v) is 15.6. The van der Waals surface area contributed by atoms with Crippen molar-refractivity contribution in [2.45, 2.75) is 19.4 Å². The van der Waals surface area contributed by atoms with Crippen LogP contribution in [0.3, 0.4) is 0 Å². The molecule has 2 aromatic rings. The first-order valence-electron chi connectivity index (χ1n) is 8.14. The van der Waals surface area contributed by atoms with E-state index in [9.17, 15) is 14.0 Å². The molecule has 0 aromatic heterocycles. The highest BCUT2D eigenvalue weighted by atomic mass is 19.1. The smallest absolute Gasteiger partial charge is 0.350 e. The Balaban J connectivity index is 1.99. The maximum atomic E-state index is 12.9. The molecule has 0 fully saturated rings. The first kappa shape index (κ1) is 20.2. The second-order valence-corrected chi connectivity index (χ2v) is 6.14. The lowest BCUT2D eigenvalue weighted by Crippen LogP contribution is -2.40. The standard InChI is InChI=1S/C20H21FO6/c1-20(2,27-15-8-6-14(21)7-9-15)19(23)26-12-16(22)13-5-10-17(24-3)18(11-13)25-4/h5-11H,12H2,1-4H3. The minimum Gasteiger partial charge on any atom is -0.493 e. The summed E-state index contributed by atoms with van der Waals surface area (Å²) >= 11 is 0. The van der Waals surface area contributed by atoms with Gasteiger partial charge in [-0.25, -0.2) is 9.18 Å². The summed E-state index contributed by atoms with van der Waals surface area (Å²) < 4.78 is 33.8. The number of halogens is 1. The Hall–Kier alpha value is -3.09. The molecule has 0 N–H and O–H groups in total. The number of esters is 1. The fraction of sp³-hybridized carbons (Fsp3) is 0.300. The number of hydrogen-bond donors (Lipinski definition) is 0. The van der Waals surface area contributed by atoms with E-state index < -0.39 is 29.8 Å². The Morgan fingerprint density at radius 1 is 0.963 bits per heavy atom. The number of Topliss-reactive ketones (excluding diaryl/α,β-unsaturated/α-hetero) is 1. The summed E-state index contributed by atoms with van der Waals surface area (Å²) in [7, 11) is 2.95. The van der Waals surface area contributed by atoms with Gasteiger partial charge in [0.15, 0.2) is 29.5 Å². The minimum atomic E-state index is -1.35. The molecule has 0 radical (unpaired) electrons. The van der Waals surface area contributed by atoms with Crippen molar-refractivity contribution in [3.63, 3.8) is 0 Å². The van der Waals surface area contributed by atoms with E-state index in [2.05, 4.69) is 0 Å². The lowest BCUT2D eigenvalue weighted by molar-refractivity contribution is -0.158. The van der Waals surface area contributed by atoms with E-state index in [1.807, 2.05) is 0 Å². The van der Waals surface area contributed by atoms with Crippen LogP contribution in [-0.4, -0.2) is 38.2 Å². The van der Waals surface area contributed by atoms with Crippen LogP contribution in [-0.2, 0) is 9.53 Å². The van der Waals surface area contributed by atoms with Crippen LogP contribution in [0.15, 0.2) is 42.5 Å². The molecule has 0 heterocycles. The highest BCUT2D eigenvalue weighted by molar-refractivity contribution is 5.98. The Bertz CT molecular complexity index is 814. The molecule has 0 aliphatic carbocycles. The molecule has 0 saturated heterocycles. The minimum absolute atomic E-state index is 0.310. The Morgan fingerprint density at radius 3 is 2.19 bits per heavy atom. The van der Waals surface area contributed by atoms with Gasteiger partial charge in [-0.15, -0.1) is 0 Å². The van der Waals surface area contributed by atoms with Gasteiger partial charge in [-0.1, -0.05) is 0 Å². The first-order chi connectivity index (χ1) is 12.8. The molecule has 0 aliphatic heterocycles. The van der Waals surface area contributed by atoms with Gasteiger partial charge in [0.25, 0.3) is 0 Å². The molecule has 0 unspecified atom stereocenters. The summed E-state index contributed by atoms with van der Waals surface area (Å²) in [6, 6.07) is 9.90. The molecule has 2 aromatic carbocycles. The van der Waals surface area contributed by atoms with Gasteiger partial charge in [0.1, 0.15) is 11.6 Å². The van der Waals surface area contributed by atoms with E-state index in [4.69, 9.17) is 18.9 Å². The average molecular weight is 376 g/mol. The predicted octanol–water partition coefficient (Wildman–Crippen LogP) is 3.43. The number of hydrogen-bond acceptors (Lipinski definition) is 6. The maximum Gasteiger partial charge on any atom is 0.350 e. The Kier molecular flexibility index (Phi) is 6.39. The number of rotatable bonds is 8.